The summed E-state index contributed by atoms with van der Waals surface area (Å²) < 4.78 is 41.9. The van der Waals surface area contributed by atoms with Gasteiger partial charge < -0.3 is 20.9 Å². The predicted octanol–water partition coefficient (Wildman–Crippen LogP) is -0.128. The predicted molar refractivity (Wildman–Crippen MR) is 54.7 cm³/mol. The van der Waals surface area contributed by atoms with Crippen molar-refractivity contribution < 1.29 is 32.6 Å². The van der Waals surface area contributed by atoms with Crippen molar-refractivity contribution in [2.24, 2.45) is 5.73 Å². The maximum Gasteiger partial charge on any atom is 0.415 e. The molecule has 0 aliphatic heterocycles. The molecule has 6 nitrogen and oxygen atoms in total. The van der Waals surface area contributed by atoms with Gasteiger partial charge >= 0.3 is 12.1 Å². The number of carbonyl (C=O) groups excluding carboxylic acids is 1. The Morgan fingerprint density at radius 2 is 1.94 bits per heavy atom. The third kappa shape index (κ3) is 4.15. The number of carboxylic acid groups (broad SMARTS) is 1. The van der Waals surface area contributed by atoms with Crippen LogP contribution in [0, 0.1) is 0 Å². The molecule has 0 spiro atoms. The molecule has 2 unspecified atom stereocenters. The van der Waals surface area contributed by atoms with Crippen LogP contribution in [0.1, 0.15) is 13.3 Å². The first-order valence-corrected chi connectivity index (χ1v) is 4.92. The number of ether oxygens (including phenoxy) is 1. The molecule has 0 aromatic rings. The maximum absolute atomic E-state index is 12.4. The first kappa shape index (κ1) is 16.6. The fourth-order valence-corrected chi connectivity index (χ4v) is 0.930. The molecule has 4 N–H and O–H groups in total. The van der Waals surface area contributed by atoms with E-state index in [4.69, 9.17) is 10.8 Å². The summed E-state index contributed by atoms with van der Waals surface area (Å²) >= 11 is 0. The van der Waals surface area contributed by atoms with Gasteiger partial charge in [-0.15, -0.1) is 0 Å². The summed E-state index contributed by atoms with van der Waals surface area (Å²) in [4.78, 5) is 22.1. The Morgan fingerprint density at radius 3 is 2.28 bits per heavy atom. The van der Waals surface area contributed by atoms with Crippen LogP contribution in [0.3, 0.4) is 0 Å². The van der Waals surface area contributed by atoms with Gasteiger partial charge in [0, 0.05) is 20.1 Å². The number of hydrogen-bond donors (Lipinski definition) is 3. The number of halogens is 3. The quantitative estimate of drug-likeness (QED) is 0.625. The fourth-order valence-electron chi connectivity index (χ4n) is 0.930. The van der Waals surface area contributed by atoms with E-state index in [1.165, 1.54) is 7.11 Å². The highest BCUT2D eigenvalue weighted by atomic mass is 19.4. The van der Waals surface area contributed by atoms with Crippen LogP contribution in [0.2, 0.25) is 0 Å². The van der Waals surface area contributed by atoms with E-state index >= 15 is 0 Å². The molecule has 0 fully saturated rings. The number of rotatable bonds is 6. The smallest absolute Gasteiger partial charge is 0.415 e. The van der Waals surface area contributed by atoms with Gasteiger partial charge in [0.2, 0.25) is 5.91 Å². The zero-order valence-electron chi connectivity index (χ0n) is 9.87. The molecule has 0 aliphatic carbocycles. The van der Waals surface area contributed by atoms with Gasteiger partial charge in [0.05, 0.1) is 0 Å². The molecule has 2 atom stereocenters. The molecule has 0 radical (unpaired) electrons. The van der Waals surface area contributed by atoms with Gasteiger partial charge in [0.15, 0.2) is 5.54 Å². The van der Waals surface area contributed by atoms with Crippen LogP contribution in [0.15, 0.2) is 0 Å². The number of alkyl halides is 3. The maximum atomic E-state index is 12.4. The van der Waals surface area contributed by atoms with Gasteiger partial charge in [-0.3, -0.25) is 4.79 Å². The topological polar surface area (TPSA) is 102 Å². The summed E-state index contributed by atoms with van der Waals surface area (Å²) in [5, 5.41) is 10.5. The molecule has 0 saturated heterocycles. The molecule has 0 bridgehead atoms. The summed E-state index contributed by atoms with van der Waals surface area (Å²) in [5.74, 6) is -3.06. The van der Waals surface area contributed by atoms with Crippen LogP contribution in [0.4, 0.5) is 13.2 Å². The van der Waals surface area contributed by atoms with Crippen molar-refractivity contribution in [3.63, 3.8) is 0 Å². The Kier molecular flexibility index (Phi) is 5.55. The highest BCUT2D eigenvalue weighted by Gasteiger charge is 2.54. The van der Waals surface area contributed by atoms with Crippen molar-refractivity contribution in [3.05, 3.63) is 0 Å². The number of carboxylic acids is 1. The highest BCUT2D eigenvalue weighted by Crippen LogP contribution is 2.28. The van der Waals surface area contributed by atoms with Crippen molar-refractivity contribution in [1.82, 2.24) is 5.32 Å². The van der Waals surface area contributed by atoms with E-state index in [9.17, 15) is 22.8 Å². The molecule has 106 valence electrons. The number of carbonyl (C=O) groups is 2. The van der Waals surface area contributed by atoms with E-state index in [1.807, 2.05) is 0 Å². The average Bonchev–Trinajstić information content (AvgIpc) is 2.21. The second kappa shape index (κ2) is 6.01. The normalized spacial score (nSPS) is 16.8. The summed E-state index contributed by atoms with van der Waals surface area (Å²) in [6.45, 7) is 0.447. The van der Waals surface area contributed by atoms with Gasteiger partial charge in [-0.2, -0.15) is 13.2 Å². The van der Waals surface area contributed by atoms with Crippen molar-refractivity contribution in [2.75, 3.05) is 13.7 Å². The zero-order chi connectivity index (χ0) is 14.6. The Balaban J connectivity index is 4.75. The van der Waals surface area contributed by atoms with Crippen LogP contribution >= 0.6 is 0 Å². The van der Waals surface area contributed by atoms with E-state index in [1.54, 1.807) is 5.32 Å². The van der Waals surface area contributed by atoms with Crippen molar-refractivity contribution in [2.45, 2.75) is 31.1 Å². The summed E-state index contributed by atoms with van der Waals surface area (Å²) in [6.07, 6.45) is -5.13. The second-order valence-corrected chi connectivity index (χ2v) is 3.85. The lowest BCUT2D eigenvalue weighted by molar-refractivity contribution is -0.188. The number of nitrogens with one attached hydrogen (secondary N) is 1. The van der Waals surface area contributed by atoms with Crippen molar-refractivity contribution in [1.29, 1.82) is 0 Å². The molecular formula is C9H15F3N2O4. The SMILES string of the molecule is COCCC(NC(=O)C(C)(N)C(F)(F)F)C(=O)O. The van der Waals surface area contributed by atoms with Crippen LogP contribution in [0.25, 0.3) is 0 Å². The molecule has 0 heterocycles. The molecule has 0 aromatic carbocycles. The molecule has 0 rings (SSSR count). The molecule has 1 amide bonds. The van der Waals surface area contributed by atoms with Crippen molar-refractivity contribution >= 4 is 11.9 Å². The summed E-state index contributed by atoms with van der Waals surface area (Å²) in [6, 6.07) is -1.48. The zero-order valence-corrected chi connectivity index (χ0v) is 9.87. The fraction of sp³-hybridized carbons (Fsp3) is 0.778. The van der Waals surface area contributed by atoms with Gasteiger partial charge in [0.1, 0.15) is 6.04 Å². The number of hydrogen-bond acceptors (Lipinski definition) is 4. The van der Waals surface area contributed by atoms with Gasteiger partial charge in [-0.25, -0.2) is 4.79 Å². The lowest BCUT2D eigenvalue weighted by atomic mass is 10.0. The van der Waals surface area contributed by atoms with E-state index < -0.39 is 29.6 Å². The number of amides is 1. The second-order valence-electron chi connectivity index (χ2n) is 3.85. The Hall–Kier alpha value is -1.35. The summed E-state index contributed by atoms with van der Waals surface area (Å²) in [5.41, 5.74) is 1.71. The lowest BCUT2D eigenvalue weighted by Gasteiger charge is -2.27. The molecular weight excluding hydrogens is 257 g/mol. The first-order chi connectivity index (χ1) is 8.04. The number of aliphatic carboxylic acids is 1. The van der Waals surface area contributed by atoms with E-state index in [2.05, 4.69) is 4.74 Å². The lowest BCUT2D eigenvalue weighted by Crippen LogP contribution is -2.63. The third-order valence-corrected chi connectivity index (χ3v) is 2.27. The van der Waals surface area contributed by atoms with Crippen LogP contribution in [-0.4, -0.2) is 48.5 Å². The molecule has 18 heavy (non-hydrogen) atoms. The molecule has 0 aliphatic rings. The minimum atomic E-state index is -4.97. The minimum absolute atomic E-state index is 0.0233. The van der Waals surface area contributed by atoms with Crippen LogP contribution in [-0.2, 0) is 14.3 Å². The van der Waals surface area contributed by atoms with Gasteiger partial charge in [-0.1, -0.05) is 0 Å². The largest absolute Gasteiger partial charge is 0.480 e. The monoisotopic (exact) mass is 272 g/mol. The Bertz CT molecular complexity index is 317. The van der Waals surface area contributed by atoms with Crippen LogP contribution < -0.4 is 11.1 Å². The van der Waals surface area contributed by atoms with Gasteiger partial charge in [-0.05, 0) is 6.92 Å². The Morgan fingerprint density at radius 1 is 1.44 bits per heavy atom. The van der Waals surface area contributed by atoms with E-state index in [0.29, 0.717) is 6.92 Å². The van der Waals surface area contributed by atoms with Crippen LogP contribution in [0.5, 0.6) is 0 Å². The third-order valence-electron chi connectivity index (χ3n) is 2.27. The molecule has 0 saturated carbocycles. The standard InChI is InChI=1S/C9H15F3N2O4/c1-8(13,9(10,11)12)7(17)14-5(6(15)16)3-4-18-2/h5H,3-4,13H2,1-2H3,(H,14,17)(H,15,16). The van der Waals surface area contributed by atoms with E-state index in [-0.39, 0.29) is 13.0 Å². The van der Waals surface area contributed by atoms with Gasteiger partial charge in [0.25, 0.3) is 0 Å². The average molecular weight is 272 g/mol. The number of nitrogens with two attached hydrogens (primary N) is 1. The molecule has 0 aromatic heterocycles. The summed E-state index contributed by atoms with van der Waals surface area (Å²) in [7, 11) is 1.30. The van der Waals surface area contributed by atoms with E-state index in [0.717, 1.165) is 0 Å². The molecule has 9 heteroatoms. The highest BCUT2D eigenvalue weighted by molar-refractivity contribution is 5.90. The number of methoxy groups -OCH3 is 1. The Labute approximate surface area is 101 Å². The van der Waals surface area contributed by atoms with Crippen molar-refractivity contribution in [3.8, 4) is 0 Å². The first-order valence-electron chi connectivity index (χ1n) is 4.92. The minimum Gasteiger partial charge on any atom is -0.480 e.